The Morgan fingerprint density at radius 3 is 2.30 bits per heavy atom. The quantitative estimate of drug-likeness (QED) is 0.310. The van der Waals surface area contributed by atoms with Crippen molar-refractivity contribution in [3.05, 3.63) is 114 Å². The highest BCUT2D eigenvalue weighted by atomic mass is 32.1. The number of aromatic nitrogens is 1. The van der Waals surface area contributed by atoms with Crippen molar-refractivity contribution in [2.45, 2.75) is 33.7 Å². The molecule has 2 aromatic heterocycles. The van der Waals surface area contributed by atoms with E-state index in [0.29, 0.717) is 44.3 Å². The Hall–Kier alpha value is -4.50. The van der Waals surface area contributed by atoms with Gasteiger partial charge in [0.05, 0.1) is 40.6 Å². The largest absolute Gasteiger partial charge is 0.463 e. The highest BCUT2D eigenvalue weighted by Crippen LogP contribution is 2.31. The third-order valence-electron chi connectivity index (χ3n) is 6.49. The van der Waals surface area contributed by atoms with Crippen LogP contribution in [-0.2, 0) is 14.3 Å². The number of aryl methyl sites for hydroxylation is 1. The molecule has 0 fully saturated rings. The van der Waals surface area contributed by atoms with E-state index in [1.54, 1.807) is 67.8 Å². The number of fused-ring (bicyclic) bond motifs is 1. The van der Waals surface area contributed by atoms with E-state index in [9.17, 15) is 14.4 Å². The molecule has 3 heterocycles. The molecule has 5 rings (SSSR count). The van der Waals surface area contributed by atoms with Gasteiger partial charge >= 0.3 is 11.9 Å². The Morgan fingerprint density at radius 2 is 1.62 bits per heavy atom. The summed E-state index contributed by atoms with van der Waals surface area (Å²) in [6.07, 6.45) is 1.68. The molecule has 0 N–H and O–H groups in total. The lowest BCUT2D eigenvalue weighted by atomic mass is 9.95. The average Bonchev–Trinajstić information content (AvgIpc) is 3.53. The van der Waals surface area contributed by atoms with Crippen LogP contribution in [0.15, 0.2) is 86.1 Å². The minimum atomic E-state index is -0.664. The molecule has 204 valence electrons. The predicted octanol–water partition coefficient (Wildman–Crippen LogP) is 4.54. The molecule has 0 spiro atoms. The number of thiazole rings is 1. The van der Waals surface area contributed by atoms with Gasteiger partial charge in [-0.3, -0.25) is 9.36 Å². The third kappa shape index (κ3) is 5.20. The number of esters is 2. The van der Waals surface area contributed by atoms with Crippen molar-refractivity contribution in [2.24, 2.45) is 4.99 Å². The van der Waals surface area contributed by atoms with Gasteiger partial charge in [-0.15, -0.1) is 0 Å². The number of allylic oxidation sites excluding steroid dienone is 1. The second kappa shape index (κ2) is 11.3. The first-order chi connectivity index (χ1) is 19.3. The summed E-state index contributed by atoms with van der Waals surface area (Å²) in [5.41, 5.74) is 3.68. The summed E-state index contributed by atoms with van der Waals surface area (Å²) < 4.78 is 18.4. The monoisotopic (exact) mass is 556 g/mol. The Balaban J connectivity index is 1.54. The summed E-state index contributed by atoms with van der Waals surface area (Å²) in [6.45, 7) is 7.77. The molecule has 0 bridgehead atoms. The molecular formula is C31H28N2O6S. The molecule has 0 saturated heterocycles. The lowest BCUT2D eigenvalue weighted by Crippen LogP contribution is -2.39. The Morgan fingerprint density at radius 1 is 0.950 bits per heavy atom. The molecule has 1 atom stereocenters. The normalized spacial score (nSPS) is 15.0. The van der Waals surface area contributed by atoms with E-state index in [4.69, 9.17) is 13.9 Å². The fraction of sp³-hybridized carbons (Fsp3) is 0.226. The first-order valence-electron chi connectivity index (χ1n) is 12.9. The van der Waals surface area contributed by atoms with Crippen LogP contribution >= 0.6 is 11.3 Å². The second-order valence-corrected chi connectivity index (χ2v) is 10.2. The number of hydrogen-bond acceptors (Lipinski definition) is 8. The van der Waals surface area contributed by atoms with E-state index >= 15 is 0 Å². The molecule has 4 aromatic rings. The van der Waals surface area contributed by atoms with E-state index in [-0.39, 0.29) is 18.1 Å². The minimum absolute atomic E-state index is 0.215. The van der Waals surface area contributed by atoms with Gasteiger partial charge in [-0.1, -0.05) is 53.3 Å². The Kier molecular flexibility index (Phi) is 7.66. The SMILES string of the molecule is CCOC(=O)C1=C(C)N=c2s/c(=C/c3ccc(-c4ccc(C(=O)OCC)cc4)o3)c(=O)n2[C@H]1c1ccc(C)cc1. The second-order valence-electron chi connectivity index (χ2n) is 9.21. The van der Waals surface area contributed by atoms with E-state index < -0.39 is 12.0 Å². The maximum Gasteiger partial charge on any atom is 0.338 e. The molecule has 40 heavy (non-hydrogen) atoms. The molecule has 2 aromatic carbocycles. The minimum Gasteiger partial charge on any atom is -0.463 e. The lowest BCUT2D eigenvalue weighted by molar-refractivity contribution is -0.139. The van der Waals surface area contributed by atoms with Crippen molar-refractivity contribution in [3.8, 4) is 11.3 Å². The Bertz CT molecular complexity index is 1790. The van der Waals surface area contributed by atoms with E-state index in [1.807, 2.05) is 31.2 Å². The first kappa shape index (κ1) is 27.1. The van der Waals surface area contributed by atoms with E-state index in [2.05, 4.69) is 4.99 Å². The Labute approximate surface area is 234 Å². The molecule has 1 aliphatic heterocycles. The highest BCUT2D eigenvalue weighted by molar-refractivity contribution is 7.07. The molecule has 0 aliphatic carbocycles. The number of carbonyl (C=O) groups is 2. The molecule has 0 saturated carbocycles. The summed E-state index contributed by atoms with van der Waals surface area (Å²) in [4.78, 5) is 43.8. The molecule has 1 aliphatic rings. The van der Waals surface area contributed by atoms with Crippen LogP contribution in [0.25, 0.3) is 17.4 Å². The van der Waals surface area contributed by atoms with E-state index in [0.717, 1.165) is 16.7 Å². The van der Waals surface area contributed by atoms with Crippen molar-refractivity contribution in [2.75, 3.05) is 13.2 Å². The van der Waals surface area contributed by atoms with Gasteiger partial charge in [0.25, 0.3) is 5.56 Å². The summed E-state index contributed by atoms with van der Waals surface area (Å²) in [5.74, 6) is 0.207. The van der Waals surface area contributed by atoms with Crippen molar-refractivity contribution in [1.29, 1.82) is 0 Å². The van der Waals surface area contributed by atoms with Crippen LogP contribution in [-0.4, -0.2) is 29.7 Å². The predicted molar refractivity (Wildman–Crippen MR) is 152 cm³/mol. The topological polar surface area (TPSA) is 100 Å². The number of benzene rings is 2. The van der Waals surface area contributed by atoms with Crippen LogP contribution in [0.5, 0.6) is 0 Å². The van der Waals surface area contributed by atoms with Gasteiger partial charge in [0.1, 0.15) is 11.5 Å². The smallest absolute Gasteiger partial charge is 0.338 e. The molecule has 0 radical (unpaired) electrons. The van der Waals surface area contributed by atoms with Crippen molar-refractivity contribution >= 4 is 29.4 Å². The van der Waals surface area contributed by atoms with E-state index in [1.165, 1.54) is 11.3 Å². The zero-order chi connectivity index (χ0) is 28.4. The summed E-state index contributed by atoms with van der Waals surface area (Å²) in [6, 6.07) is 17.6. The van der Waals surface area contributed by atoms with Gasteiger partial charge in [-0.05, 0) is 57.5 Å². The number of ether oxygens (including phenoxy) is 2. The van der Waals surface area contributed by atoms with Gasteiger partial charge in [0.15, 0.2) is 4.80 Å². The molecule has 9 heteroatoms. The van der Waals surface area contributed by atoms with Crippen molar-refractivity contribution in [3.63, 3.8) is 0 Å². The van der Waals surface area contributed by atoms with Crippen molar-refractivity contribution < 1.29 is 23.5 Å². The fourth-order valence-electron chi connectivity index (χ4n) is 4.56. The van der Waals surface area contributed by atoms with Crippen LogP contribution in [0.2, 0.25) is 0 Å². The maximum atomic E-state index is 13.8. The lowest BCUT2D eigenvalue weighted by Gasteiger charge is -2.24. The van der Waals surface area contributed by atoms with Gasteiger partial charge in [0.2, 0.25) is 0 Å². The van der Waals surface area contributed by atoms with Crippen LogP contribution in [0, 0.1) is 6.92 Å². The molecule has 0 amide bonds. The highest BCUT2D eigenvalue weighted by Gasteiger charge is 2.33. The van der Waals surface area contributed by atoms with Crippen LogP contribution < -0.4 is 14.9 Å². The van der Waals surface area contributed by atoms with Gasteiger partial charge in [-0.2, -0.15) is 0 Å². The first-order valence-corrected chi connectivity index (χ1v) is 13.8. The fourth-order valence-corrected chi connectivity index (χ4v) is 5.58. The number of hydrogen-bond donors (Lipinski definition) is 0. The van der Waals surface area contributed by atoms with Crippen molar-refractivity contribution in [1.82, 2.24) is 4.57 Å². The average molecular weight is 557 g/mol. The van der Waals surface area contributed by atoms with Gasteiger partial charge in [-0.25, -0.2) is 14.6 Å². The third-order valence-corrected chi connectivity index (χ3v) is 7.47. The molecule has 8 nitrogen and oxygen atoms in total. The number of furan rings is 1. The van der Waals surface area contributed by atoms with Gasteiger partial charge in [0, 0.05) is 11.6 Å². The zero-order valence-electron chi connectivity index (χ0n) is 22.6. The molecule has 0 unspecified atom stereocenters. The van der Waals surface area contributed by atoms with Gasteiger partial charge < -0.3 is 13.9 Å². The zero-order valence-corrected chi connectivity index (χ0v) is 23.4. The summed E-state index contributed by atoms with van der Waals surface area (Å²) in [7, 11) is 0. The number of rotatable bonds is 7. The van der Waals surface area contributed by atoms with Crippen LogP contribution in [0.3, 0.4) is 0 Å². The standard InChI is InChI=1S/C31H28N2O6S/c1-5-37-29(35)22-13-11-20(12-14-22)24-16-15-23(39-24)17-25-28(34)33-27(21-9-7-18(3)8-10-21)26(30(36)38-6-2)19(4)32-31(33)40-25/h7-17,27H,5-6H2,1-4H3/b25-17+/t27-/m0/s1. The van der Waals surface area contributed by atoms with Crippen LogP contribution in [0.4, 0.5) is 0 Å². The summed E-state index contributed by atoms with van der Waals surface area (Å²) >= 11 is 1.23. The summed E-state index contributed by atoms with van der Waals surface area (Å²) in [5, 5.41) is 0. The number of nitrogens with zero attached hydrogens (tertiary/aromatic N) is 2. The van der Waals surface area contributed by atoms with Crippen LogP contribution in [0.1, 0.15) is 54.1 Å². The molecular weight excluding hydrogens is 528 g/mol. The maximum absolute atomic E-state index is 13.8. The number of carbonyl (C=O) groups excluding carboxylic acids is 2.